The summed E-state index contributed by atoms with van der Waals surface area (Å²) >= 11 is 1.71. The van der Waals surface area contributed by atoms with Crippen molar-refractivity contribution in [1.82, 2.24) is 15.2 Å². The minimum atomic E-state index is 0.0378. The van der Waals surface area contributed by atoms with Gasteiger partial charge in [-0.1, -0.05) is 6.07 Å². The molecular weight excluding hydrogens is 258 g/mol. The fraction of sp³-hybridized carbons (Fsp3) is 0.286. The molecule has 4 nitrogen and oxygen atoms in total. The van der Waals surface area contributed by atoms with Gasteiger partial charge in [-0.05, 0) is 36.2 Å². The highest BCUT2D eigenvalue weighted by Gasteiger charge is 2.07. The van der Waals surface area contributed by atoms with Crippen LogP contribution in [0.5, 0.6) is 0 Å². The lowest BCUT2D eigenvalue weighted by atomic mass is 10.3. The molecule has 0 bridgehead atoms. The van der Waals surface area contributed by atoms with E-state index < -0.39 is 0 Å². The van der Waals surface area contributed by atoms with Crippen LogP contribution in [0.1, 0.15) is 10.4 Å². The third kappa shape index (κ3) is 4.81. The number of hydrogen-bond acceptors (Lipinski definition) is 4. The molecule has 0 radical (unpaired) electrons. The molecule has 2 heterocycles. The molecular formula is C14H17N3OS. The lowest BCUT2D eigenvalue weighted by Crippen LogP contribution is -2.34. The zero-order chi connectivity index (χ0) is 13.5. The maximum Gasteiger partial charge on any atom is 0.234 e. The molecule has 2 rings (SSSR count). The van der Waals surface area contributed by atoms with E-state index >= 15 is 0 Å². The van der Waals surface area contributed by atoms with Crippen LogP contribution < -0.4 is 5.32 Å². The number of pyridine rings is 1. The van der Waals surface area contributed by atoms with Crippen LogP contribution in [0.2, 0.25) is 0 Å². The molecule has 0 unspecified atom stereocenters. The minimum Gasteiger partial charge on any atom is -0.351 e. The standard InChI is InChI=1S/C14H17N3OS/c1-17(10-13-3-2-8-19-13)11-14(18)16-9-12-4-6-15-7-5-12/h2-8H,9-11H2,1H3,(H,16,18). The van der Waals surface area contributed by atoms with Crippen LogP contribution in [0, 0.1) is 0 Å². The molecule has 1 N–H and O–H groups in total. The Bertz CT molecular complexity index is 499. The number of carbonyl (C=O) groups excluding carboxylic acids is 1. The average molecular weight is 275 g/mol. The summed E-state index contributed by atoms with van der Waals surface area (Å²) in [6.45, 7) is 1.76. The molecule has 0 fully saturated rings. The van der Waals surface area contributed by atoms with E-state index in [1.807, 2.05) is 35.5 Å². The first kappa shape index (κ1) is 13.7. The van der Waals surface area contributed by atoms with Crippen LogP contribution in [0.25, 0.3) is 0 Å². The van der Waals surface area contributed by atoms with Crippen molar-refractivity contribution in [3.8, 4) is 0 Å². The zero-order valence-corrected chi connectivity index (χ0v) is 11.7. The number of nitrogens with zero attached hydrogens (tertiary/aromatic N) is 2. The van der Waals surface area contributed by atoms with Gasteiger partial charge in [0.15, 0.2) is 0 Å². The summed E-state index contributed by atoms with van der Waals surface area (Å²) in [7, 11) is 1.95. The first-order chi connectivity index (χ1) is 9.24. The Kier molecular flexibility index (Phi) is 5.06. The van der Waals surface area contributed by atoms with Gasteiger partial charge in [0, 0.05) is 30.4 Å². The van der Waals surface area contributed by atoms with E-state index in [1.54, 1.807) is 23.7 Å². The average Bonchev–Trinajstić information content (AvgIpc) is 2.90. The molecule has 2 aromatic rings. The summed E-state index contributed by atoms with van der Waals surface area (Å²) in [5.41, 5.74) is 1.06. The second-order valence-electron chi connectivity index (χ2n) is 4.38. The van der Waals surface area contributed by atoms with Crippen LogP contribution in [-0.2, 0) is 17.9 Å². The highest BCUT2D eigenvalue weighted by Crippen LogP contribution is 2.10. The van der Waals surface area contributed by atoms with Crippen LogP contribution >= 0.6 is 11.3 Å². The van der Waals surface area contributed by atoms with E-state index in [2.05, 4.69) is 16.4 Å². The van der Waals surface area contributed by atoms with Crippen molar-refractivity contribution in [2.75, 3.05) is 13.6 Å². The fourth-order valence-electron chi connectivity index (χ4n) is 1.73. The lowest BCUT2D eigenvalue weighted by molar-refractivity contribution is -0.122. The summed E-state index contributed by atoms with van der Waals surface area (Å²) < 4.78 is 0. The zero-order valence-electron chi connectivity index (χ0n) is 10.9. The number of likely N-dealkylation sites (N-methyl/N-ethyl adjacent to an activating group) is 1. The Labute approximate surface area is 117 Å². The van der Waals surface area contributed by atoms with Crippen molar-refractivity contribution in [3.63, 3.8) is 0 Å². The maximum absolute atomic E-state index is 11.8. The highest BCUT2D eigenvalue weighted by molar-refractivity contribution is 7.09. The Morgan fingerprint density at radius 2 is 2.16 bits per heavy atom. The summed E-state index contributed by atoms with van der Waals surface area (Å²) in [6, 6.07) is 7.90. The second-order valence-corrected chi connectivity index (χ2v) is 5.42. The molecule has 100 valence electrons. The van der Waals surface area contributed by atoms with Gasteiger partial charge in [-0.3, -0.25) is 14.7 Å². The number of carbonyl (C=O) groups is 1. The van der Waals surface area contributed by atoms with Gasteiger partial charge in [-0.2, -0.15) is 0 Å². The smallest absolute Gasteiger partial charge is 0.234 e. The molecule has 0 aliphatic rings. The maximum atomic E-state index is 11.8. The highest BCUT2D eigenvalue weighted by atomic mass is 32.1. The number of aromatic nitrogens is 1. The number of nitrogens with one attached hydrogen (secondary N) is 1. The molecule has 0 spiro atoms. The van der Waals surface area contributed by atoms with Gasteiger partial charge in [0.2, 0.25) is 5.91 Å². The monoisotopic (exact) mass is 275 g/mol. The van der Waals surface area contributed by atoms with Crippen molar-refractivity contribution < 1.29 is 4.79 Å². The Balaban J connectivity index is 1.72. The second kappa shape index (κ2) is 7.01. The molecule has 2 aromatic heterocycles. The van der Waals surface area contributed by atoms with Gasteiger partial charge >= 0.3 is 0 Å². The predicted molar refractivity (Wildman–Crippen MR) is 76.7 cm³/mol. The first-order valence-corrected chi connectivity index (χ1v) is 6.98. The summed E-state index contributed by atoms with van der Waals surface area (Å²) in [5, 5.41) is 4.95. The normalized spacial score (nSPS) is 10.6. The summed E-state index contributed by atoms with van der Waals surface area (Å²) in [4.78, 5) is 19.0. The number of hydrogen-bond donors (Lipinski definition) is 1. The summed E-state index contributed by atoms with van der Waals surface area (Å²) in [5.74, 6) is 0.0378. The van der Waals surface area contributed by atoms with E-state index in [1.165, 1.54) is 4.88 Å². The molecule has 0 atom stereocenters. The van der Waals surface area contributed by atoms with E-state index in [-0.39, 0.29) is 5.91 Å². The lowest BCUT2D eigenvalue weighted by Gasteiger charge is -2.15. The van der Waals surface area contributed by atoms with Crippen LogP contribution in [0.3, 0.4) is 0 Å². The minimum absolute atomic E-state index is 0.0378. The molecule has 0 saturated carbocycles. The molecule has 0 saturated heterocycles. The van der Waals surface area contributed by atoms with Crippen molar-refractivity contribution in [2.45, 2.75) is 13.1 Å². The van der Waals surface area contributed by atoms with Crippen molar-refractivity contribution >= 4 is 17.2 Å². The van der Waals surface area contributed by atoms with Crippen LogP contribution in [0.4, 0.5) is 0 Å². The Morgan fingerprint density at radius 1 is 1.37 bits per heavy atom. The molecule has 0 aliphatic carbocycles. The molecule has 1 amide bonds. The van der Waals surface area contributed by atoms with Gasteiger partial charge in [0.05, 0.1) is 6.54 Å². The fourth-order valence-corrected chi connectivity index (χ4v) is 2.51. The van der Waals surface area contributed by atoms with E-state index in [4.69, 9.17) is 0 Å². The first-order valence-electron chi connectivity index (χ1n) is 6.10. The third-order valence-electron chi connectivity index (χ3n) is 2.66. The van der Waals surface area contributed by atoms with Crippen LogP contribution in [-0.4, -0.2) is 29.4 Å². The van der Waals surface area contributed by atoms with Crippen molar-refractivity contribution in [1.29, 1.82) is 0 Å². The quantitative estimate of drug-likeness (QED) is 0.875. The van der Waals surface area contributed by atoms with Crippen molar-refractivity contribution in [2.24, 2.45) is 0 Å². The molecule has 5 heteroatoms. The molecule has 19 heavy (non-hydrogen) atoms. The van der Waals surface area contributed by atoms with Gasteiger partial charge in [0.25, 0.3) is 0 Å². The third-order valence-corrected chi connectivity index (χ3v) is 3.52. The SMILES string of the molecule is CN(CC(=O)NCc1ccncc1)Cc1cccs1. The largest absolute Gasteiger partial charge is 0.351 e. The Hall–Kier alpha value is -1.72. The van der Waals surface area contributed by atoms with Gasteiger partial charge in [0.1, 0.15) is 0 Å². The van der Waals surface area contributed by atoms with E-state index in [0.717, 1.165) is 12.1 Å². The van der Waals surface area contributed by atoms with Gasteiger partial charge < -0.3 is 5.32 Å². The Morgan fingerprint density at radius 3 is 2.84 bits per heavy atom. The summed E-state index contributed by atoms with van der Waals surface area (Å²) in [6.07, 6.45) is 3.45. The van der Waals surface area contributed by atoms with Crippen molar-refractivity contribution in [3.05, 3.63) is 52.5 Å². The predicted octanol–water partition coefficient (Wildman–Crippen LogP) is 1.89. The van der Waals surface area contributed by atoms with E-state index in [0.29, 0.717) is 13.1 Å². The topological polar surface area (TPSA) is 45.2 Å². The molecule has 0 aliphatic heterocycles. The van der Waals surface area contributed by atoms with Gasteiger partial charge in [-0.25, -0.2) is 0 Å². The van der Waals surface area contributed by atoms with E-state index in [9.17, 15) is 4.79 Å². The van der Waals surface area contributed by atoms with Gasteiger partial charge in [-0.15, -0.1) is 11.3 Å². The number of amides is 1. The molecule has 0 aromatic carbocycles. The number of rotatable bonds is 6. The van der Waals surface area contributed by atoms with Crippen LogP contribution in [0.15, 0.2) is 42.0 Å². The number of thiophene rings is 1.